The summed E-state index contributed by atoms with van der Waals surface area (Å²) in [6.07, 6.45) is 1.91. The Morgan fingerprint density at radius 3 is 2.22 bits per heavy atom. The molecule has 8 nitrogen and oxygen atoms in total. The summed E-state index contributed by atoms with van der Waals surface area (Å²) in [5.41, 5.74) is 5.65. The van der Waals surface area contributed by atoms with Gasteiger partial charge in [0.1, 0.15) is 5.60 Å². The van der Waals surface area contributed by atoms with Gasteiger partial charge in [-0.15, -0.1) is 24.0 Å². The first kappa shape index (κ1) is 24.2. The van der Waals surface area contributed by atoms with Gasteiger partial charge in [0, 0.05) is 45.8 Å². The summed E-state index contributed by atoms with van der Waals surface area (Å²) in [7, 11) is 0. The molecule has 0 unspecified atom stereocenters. The number of rotatable bonds is 5. The van der Waals surface area contributed by atoms with Gasteiger partial charge in [-0.2, -0.15) is 0 Å². The third-order valence-corrected chi connectivity index (χ3v) is 4.52. The van der Waals surface area contributed by atoms with Crippen LogP contribution in [0.4, 0.5) is 4.79 Å². The van der Waals surface area contributed by atoms with E-state index in [9.17, 15) is 4.79 Å². The van der Waals surface area contributed by atoms with Gasteiger partial charge >= 0.3 is 6.09 Å². The van der Waals surface area contributed by atoms with Crippen molar-refractivity contribution in [1.29, 1.82) is 0 Å². The zero-order valence-corrected chi connectivity index (χ0v) is 19.3. The van der Waals surface area contributed by atoms with Crippen LogP contribution in [-0.2, 0) is 9.47 Å². The predicted octanol–water partition coefficient (Wildman–Crippen LogP) is 1.58. The Kier molecular flexibility index (Phi) is 10.7. The summed E-state index contributed by atoms with van der Waals surface area (Å²) in [5.74, 6) is 0.584. The minimum Gasteiger partial charge on any atom is -0.444 e. The number of carbonyl (C=O) groups is 1. The fourth-order valence-electron chi connectivity index (χ4n) is 3.01. The van der Waals surface area contributed by atoms with Gasteiger partial charge in [-0.3, -0.25) is 9.89 Å². The van der Waals surface area contributed by atoms with Gasteiger partial charge in [-0.25, -0.2) is 4.79 Å². The van der Waals surface area contributed by atoms with Crippen LogP contribution in [0.15, 0.2) is 4.99 Å². The quantitative estimate of drug-likeness (QED) is 0.269. The molecule has 0 aromatic rings. The highest BCUT2D eigenvalue weighted by atomic mass is 127. The van der Waals surface area contributed by atoms with Crippen LogP contribution < -0.4 is 5.73 Å². The molecule has 1 amide bonds. The second-order valence-corrected chi connectivity index (χ2v) is 7.86. The maximum atomic E-state index is 12.1. The number of hydrogen-bond donors (Lipinski definition) is 1. The van der Waals surface area contributed by atoms with E-state index < -0.39 is 5.60 Å². The van der Waals surface area contributed by atoms with Crippen LogP contribution in [0.1, 0.15) is 33.6 Å². The first-order valence-corrected chi connectivity index (χ1v) is 9.68. The van der Waals surface area contributed by atoms with Crippen LogP contribution in [0.3, 0.4) is 0 Å². The zero-order valence-electron chi connectivity index (χ0n) is 17.0. The van der Waals surface area contributed by atoms with Crippen LogP contribution in [0.25, 0.3) is 0 Å². The lowest BCUT2D eigenvalue weighted by Crippen LogP contribution is -2.53. The lowest BCUT2D eigenvalue weighted by Gasteiger charge is -2.36. The molecule has 2 aliphatic rings. The fraction of sp³-hybridized carbons (Fsp3) is 0.889. The second-order valence-electron chi connectivity index (χ2n) is 7.86. The Bertz CT molecular complexity index is 470. The smallest absolute Gasteiger partial charge is 0.410 e. The van der Waals surface area contributed by atoms with Crippen molar-refractivity contribution in [2.45, 2.75) is 39.2 Å². The highest BCUT2D eigenvalue weighted by Gasteiger charge is 2.26. The van der Waals surface area contributed by atoms with Gasteiger partial charge in [0.2, 0.25) is 0 Å². The molecule has 2 rings (SSSR count). The van der Waals surface area contributed by atoms with Gasteiger partial charge in [-0.1, -0.05) is 0 Å². The van der Waals surface area contributed by atoms with Gasteiger partial charge < -0.3 is 25.0 Å². The second kappa shape index (κ2) is 11.9. The molecule has 27 heavy (non-hydrogen) atoms. The van der Waals surface area contributed by atoms with E-state index in [4.69, 9.17) is 15.2 Å². The van der Waals surface area contributed by atoms with Crippen molar-refractivity contribution in [3.05, 3.63) is 0 Å². The van der Waals surface area contributed by atoms with E-state index in [2.05, 4.69) is 9.89 Å². The Hall–Kier alpha value is -0.810. The number of unbranched alkanes of at least 4 members (excludes halogenated alkanes) is 1. The van der Waals surface area contributed by atoms with E-state index in [1.165, 1.54) is 0 Å². The van der Waals surface area contributed by atoms with Crippen LogP contribution in [0.2, 0.25) is 0 Å². The lowest BCUT2D eigenvalue weighted by molar-refractivity contribution is 0.0186. The number of ether oxygens (including phenoxy) is 2. The predicted molar refractivity (Wildman–Crippen MR) is 118 cm³/mol. The minimum absolute atomic E-state index is 0. The maximum absolute atomic E-state index is 12.1. The Balaban J connectivity index is 0.00000364. The van der Waals surface area contributed by atoms with E-state index in [1.54, 1.807) is 4.90 Å². The molecular weight excluding hydrogens is 461 g/mol. The summed E-state index contributed by atoms with van der Waals surface area (Å²) in [6.45, 7) is 13.9. The number of nitrogens with zero attached hydrogens (tertiary/aromatic N) is 4. The normalized spacial score (nSPS) is 19.6. The first-order valence-electron chi connectivity index (χ1n) is 9.68. The lowest BCUT2D eigenvalue weighted by atomic mass is 10.2. The highest BCUT2D eigenvalue weighted by molar-refractivity contribution is 14.0. The molecule has 2 heterocycles. The number of carbonyl (C=O) groups excluding carboxylic acids is 1. The number of morpholine rings is 1. The molecule has 0 atom stereocenters. The number of hydrogen-bond acceptors (Lipinski definition) is 5. The number of guanidine groups is 1. The van der Waals surface area contributed by atoms with Crippen LogP contribution >= 0.6 is 24.0 Å². The van der Waals surface area contributed by atoms with E-state index in [0.717, 1.165) is 52.2 Å². The molecule has 0 spiro atoms. The largest absolute Gasteiger partial charge is 0.444 e. The molecular formula is C18H36IN5O3. The molecule has 0 bridgehead atoms. The number of nitrogens with two attached hydrogens (primary N) is 1. The third kappa shape index (κ3) is 9.29. The zero-order chi connectivity index (χ0) is 19.0. The molecule has 2 aliphatic heterocycles. The molecule has 0 radical (unpaired) electrons. The molecule has 0 saturated carbocycles. The van der Waals surface area contributed by atoms with E-state index in [0.29, 0.717) is 32.1 Å². The fourth-order valence-corrected chi connectivity index (χ4v) is 3.01. The van der Waals surface area contributed by atoms with Crippen molar-refractivity contribution >= 4 is 36.0 Å². The van der Waals surface area contributed by atoms with Crippen molar-refractivity contribution < 1.29 is 14.3 Å². The first-order chi connectivity index (χ1) is 12.3. The highest BCUT2D eigenvalue weighted by Crippen LogP contribution is 2.11. The van der Waals surface area contributed by atoms with E-state index in [1.807, 2.05) is 25.7 Å². The van der Waals surface area contributed by atoms with Crippen molar-refractivity contribution in [3.8, 4) is 0 Å². The van der Waals surface area contributed by atoms with E-state index in [-0.39, 0.29) is 30.1 Å². The minimum atomic E-state index is -0.462. The topological polar surface area (TPSA) is 83.6 Å². The summed E-state index contributed by atoms with van der Waals surface area (Å²) < 4.78 is 10.8. The van der Waals surface area contributed by atoms with Gasteiger partial charge in [0.05, 0.1) is 13.2 Å². The number of halogens is 1. The van der Waals surface area contributed by atoms with Gasteiger partial charge in [0.15, 0.2) is 5.96 Å². The maximum Gasteiger partial charge on any atom is 0.410 e. The Morgan fingerprint density at radius 2 is 1.63 bits per heavy atom. The van der Waals surface area contributed by atoms with Gasteiger partial charge in [-0.05, 0) is 40.2 Å². The molecule has 2 N–H and O–H groups in total. The molecule has 0 aromatic heterocycles. The van der Waals surface area contributed by atoms with Crippen LogP contribution in [0, 0.1) is 0 Å². The van der Waals surface area contributed by atoms with Crippen LogP contribution in [-0.4, -0.2) is 97.9 Å². The molecule has 0 aliphatic carbocycles. The Morgan fingerprint density at radius 1 is 1.04 bits per heavy atom. The summed E-state index contributed by atoms with van der Waals surface area (Å²) >= 11 is 0. The van der Waals surface area contributed by atoms with E-state index >= 15 is 0 Å². The average molecular weight is 497 g/mol. The SMILES string of the molecule is CC(C)(C)OC(=O)N1CCN(C(N)=NCCCCN2CCOCC2)CC1.I. The molecule has 158 valence electrons. The summed E-state index contributed by atoms with van der Waals surface area (Å²) in [4.78, 5) is 22.8. The number of amides is 1. The summed E-state index contributed by atoms with van der Waals surface area (Å²) in [5, 5.41) is 0. The standard InChI is InChI=1S/C18H35N5O3.HI/c1-18(2,3)26-17(24)23-10-8-22(9-11-23)16(19)20-6-4-5-7-21-12-14-25-15-13-21;/h4-15H2,1-3H3,(H2,19,20);1H. The van der Waals surface area contributed by atoms with Crippen molar-refractivity contribution in [2.75, 3.05) is 65.6 Å². The monoisotopic (exact) mass is 497 g/mol. The average Bonchev–Trinajstić information content (AvgIpc) is 2.61. The third-order valence-electron chi connectivity index (χ3n) is 4.52. The molecule has 2 saturated heterocycles. The van der Waals surface area contributed by atoms with Gasteiger partial charge in [0.25, 0.3) is 0 Å². The summed E-state index contributed by atoms with van der Waals surface area (Å²) in [6, 6.07) is 0. The number of aliphatic imine (C=N–C) groups is 1. The molecule has 2 fully saturated rings. The molecule has 9 heteroatoms. The van der Waals surface area contributed by atoms with Crippen molar-refractivity contribution in [3.63, 3.8) is 0 Å². The Labute approximate surface area is 180 Å². The number of piperazine rings is 1. The molecule has 0 aromatic carbocycles. The van der Waals surface area contributed by atoms with Crippen molar-refractivity contribution in [1.82, 2.24) is 14.7 Å². The van der Waals surface area contributed by atoms with Crippen LogP contribution in [0.5, 0.6) is 0 Å². The van der Waals surface area contributed by atoms with Crippen molar-refractivity contribution in [2.24, 2.45) is 10.7 Å².